The fraction of sp³-hybridized carbons (Fsp3) is 0.440. The highest BCUT2D eigenvalue weighted by molar-refractivity contribution is 7.90. The summed E-state index contributed by atoms with van der Waals surface area (Å²) in [6.07, 6.45) is 7.62. The molecule has 4 heterocycles. The maximum Gasteiger partial charge on any atom is 0.256 e. The molecule has 0 radical (unpaired) electrons. The van der Waals surface area contributed by atoms with Gasteiger partial charge in [-0.05, 0) is 32.8 Å². The van der Waals surface area contributed by atoms with Crippen LogP contribution in [0.15, 0.2) is 36.9 Å². The summed E-state index contributed by atoms with van der Waals surface area (Å²) in [6.45, 7) is 8.10. The monoisotopic (exact) mass is 522 g/mol. The molecule has 1 saturated carbocycles. The zero-order valence-corrected chi connectivity index (χ0v) is 21.7. The lowest BCUT2D eigenvalue weighted by atomic mass is 10.2. The standard InChI is InChI=1S/C25H30N8O3S/c1-18(2)29-22-14-24(27-15-19(22)4-3-9-32-10-12-36-13-11-32)30-23-7-8-26-25(31-23)20-16-28-33(17-20)37(34,35)21-5-6-21/h7-8,14-18,21H,5-6,9-13H2,1-2H3,(H2,26,27,29,30,31). The average Bonchev–Trinajstić information content (AvgIpc) is 3.63. The molecule has 37 heavy (non-hydrogen) atoms. The van der Waals surface area contributed by atoms with E-state index in [1.54, 1.807) is 18.5 Å². The Labute approximate surface area is 216 Å². The summed E-state index contributed by atoms with van der Waals surface area (Å²) in [5.41, 5.74) is 2.22. The Morgan fingerprint density at radius 3 is 2.73 bits per heavy atom. The van der Waals surface area contributed by atoms with Crippen molar-refractivity contribution in [2.45, 2.75) is 38.0 Å². The maximum absolute atomic E-state index is 12.4. The second-order valence-corrected chi connectivity index (χ2v) is 11.4. The topological polar surface area (TPSA) is 127 Å². The number of ether oxygens (including phenoxy) is 1. The molecular weight excluding hydrogens is 492 g/mol. The average molecular weight is 523 g/mol. The fourth-order valence-electron chi connectivity index (χ4n) is 3.84. The molecule has 0 bridgehead atoms. The first kappa shape index (κ1) is 25.1. The van der Waals surface area contributed by atoms with Gasteiger partial charge in [-0.1, -0.05) is 11.8 Å². The molecule has 0 amide bonds. The molecule has 194 valence electrons. The molecule has 1 aliphatic carbocycles. The summed E-state index contributed by atoms with van der Waals surface area (Å²) < 4.78 is 31.3. The predicted octanol–water partition coefficient (Wildman–Crippen LogP) is 2.32. The van der Waals surface area contributed by atoms with Gasteiger partial charge in [-0.3, -0.25) is 4.90 Å². The number of hydrogen-bond donors (Lipinski definition) is 2. The zero-order chi connectivity index (χ0) is 25.8. The summed E-state index contributed by atoms with van der Waals surface area (Å²) in [5.74, 6) is 7.99. The summed E-state index contributed by atoms with van der Waals surface area (Å²) in [5, 5.41) is 10.3. The van der Waals surface area contributed by atoms with Gasteiger partial charge in [0.15, 0.2) is 5.82 Å². The number of morpholine rings is 1. The Bertz CT molecular complexity index is 1420. The molecule has 12 heteroatoms. The van der Waals surface area contributed by atoms with Crippen LogP contribution in [0.2, 0.25) is 0 Å². The van der Waals surface area contributed by atoms with E-state index in [1.165, 1.54) is 12.4 Å². The van der Waals surface area contributed by atoms with Crippen molar-refractivity contribution in [3.05, 3.63) is 42.5 Å². The van der Waals surface area contributed by atoms with E-state index in [2.05, 4.69) is 61.3 Å². The summed E-state index contributed by atoms with van der Waals surface area (Å²) in [4.78, 5) is 15.6. The third kappa shape index (κ3) is 6.25. The second kappa shape index (κ2) is 10.8. The Morgan fingerprint density at radius 2 is 1.97 bits per heavy atom. The van der Waals surface area contributed by atoms with Crippen LogP contribution in [-0.4, -0.2) is 81.6 Å². The molecule has 0 spiro atoms. The van der Waals surface area contributed by atoms with Crippen molar-refractivity contribution in [1.29, 1.82) is 0 Å². The first-order valence-corrected chi connectivity index (χ1v) is 13.8. The minimum Gasteiger partial charge on any atom is -0.382 e. The minimum atomic E-state index is -3.45. The highest BCUT2D eigenvalue weighted by atomic mass is 32.2. The molecule has 11 nitrogen and oxygen atoms in total. The highest BCUT2D eigenvalue weighted by Gasteiger charge is 2.37. The summed E-state index contributed by atoms with van der Waals surface area (Å²) in [7, 11) is -3.45. The first-order valence-electron chi connectivity index (χ1n) is 12.3. The Kier molecular flexibility index (Phi) is 7.36. The van der Waals surface area contributed by atoms with Gasteiger partial charge in [0.1, 0.15) is 11.6 Å². The van der Waals surface area contributed by atoms with E-state index >= 15 is 0 Å². The van der Waals surface area contributed by atoms with Crippen LogP contribution in [0.5, 0.6) is 0 Å². The Balaban J connectivity index is 1.32. The van der Waals surface area contributed by atoms with Gasteiger partial charge < -0.3 is 15.4 Å². The number of pyridine rings is 1. The van der Waals surface area contributed by atoms with E-state index in [4.69, 9.17) is 4.74 Å². The molecule has 3 aromatic rings. The molecule has 2 fully saturated rings. The van der Waals surface area contributed by atoms with E-state index in [0.717, 1.165) is 41.6 Å². The fourth-order valence-corrected chi connectivity index (χ4v) is 5.31. The molecule has 2 N–H and O–H groups in total. The molecule has 2 aliphatic rings. The van der Waals surface area contributed by atoms with E-state index in [0.29, 0.717) is 42.4 Å². The van der Waals surface area contributed by atoms with Crippen LogP contribution in [-0.2, 0) is 14.8 Å². The number of nitrogens with zero attached hydrogens (tertiary/aromatic N) is 6. The van der Waals surface area contributed by atoms with Crippen molar-refractivity contribution in [2.24, 2.45) is 0 Å². The third-order valence-electron chi connectivity index (χ3n) is 5.91. The SMILES string of the molecule is CC(C)Nc1cc(Nc2ccnc(-c3cnn(S(=O)(=O)C4CC4)c3)n2)ncc1C#CCN1CCOCC1. The Morgan fingerprint density at radius 1 is 1.16 bits per heavy atom. The van der Waals surface area contributed by atoms with E-state index < -0.39 is 10.0 Å². The van der Waals surface area contributed by atoms with Crippen LogP contribution >= 0.6 is 0 Å². The highest BCUT2D eigenvalue weighted by Crippen LogP contribution is 2.30. The molecule has 0 atom stereocenters. The number of rotatable bonds is 8. The smallest absolute Gasteiger partial charge is 0.256 e. The van der Waals surface area contributed by atoms with E-state index in [-0.39, 0.29) is 11.3 Å². The first-order chi connectivity index (χ1) is 17.9. The summed E-state index contributed by atoms with van der Waals surface area (Å²) in [6, 6.07) is 3.84. The van der Waals surface area contributed by atoms with Crippen molar-refractivity contribution in [3.8, 4) is 23.2 Å². The minimum absolute atomic E-state index is 0.212. The molecule has 5 rings (SSSR count). The molecule has 3 aromatic heterocycles. The lowest BCUT2D eigenvalue weighted by Gasteiger charge is -2.24. The van der Waals surface area contributed by atoms with E-state index in [9.17, 15) is 8.42 Å². The molecule has 0 aromatic carbocycles. The van der Waals surface area contributed by atoms with Gasteiger partial charge in [-0.2, -0.15) is 9.19 Å². The maximum atomic E-state index is 12.4. The van der Waals surface area contributed by atoms with Crippen LogP contribution in [0.4, 0.5) is 17.3 Å². The van der Waals surface area contributed by atoms with Gasteiger partial charge in [0.05, 0.1) is 54.2 Å². The van der Waals surface area contributed by atoms with Crippen LogP contribution < -0.4 is 10.6 Å². The second-order valence-electron chi connectivity index (χ2n) is 9.34. The molecule has 1 saturated heterocycles. The lowest BCUT2D eigenvalue weighted by molar-refractivity contribution is 0.0443. The summed E-state index contributed by atoms with van der Waals surface area (Å²) >= 11 is 0. The number of aromatic nitrogens is 5. The quantitative estimate of drug-likeness (QED) is 0.426. The van der Waals surface area contributed by atoms with Gasteiger partial charge in [0.2, 0.25) is 0 Å². The van der Waals surface area contributed by atoms with Crippen LogP contribution in [0.25, 0.3) is 11.4 Å². The van der Waals surface area contributed by atoms with Gasteiger partial charge in [0, 0.05) is 37.6 Å². The zero-order valence-electron chi connectivity index (χ0n) is 20.9. The number of hydrogen-bond acceptors (Lipinski definition) is 10. The third-order valence-corrected chi connectivity index (χ3v) is 7.95. The molecule has 1 aliphatic heterocycles. The van der Waals surface area contributed by atoms with Crippen molar-refractivity contribution >= 4 is 27.3 Å². The Hall–Kier alpha value is -3.53. The number of nitrogens with one attached hydrogen (secondary N) is 2. The van der Waals surface area contributed by atoms with Gasteiger partial charge in [-0.15, -0.1) is 0 Å². The van der Waals surface area contributed by atoms with Gasteiger partial charge >= 0.3 is 0 Å². The van der Waals surface area contributed by atoms with Crippen LogP contribution in [0.1, 0.15) is 32.3 Å². The van der Waals surface area contributed by atoms with Crippen molar-refractivity contribution in [2.75, 3.05) is 43.5 Å². The number of anilines is 3. The van der Waals surface area contributed by atoms with E-state index in [1.807, 2.05) is 6.07 Å². The van der Waals surface area contributed by atoms with Crippen LogP contribution in [0.3, 0.4) is 0 Å². The van der Waals surface area contributed by atoms with Crippen molar-refractivity contribution in [3.63, 3.8) is 0 Å². The lowest BCUT2D eigenvalue weighted by Crippen LogP contribution is -2.36. The van der Waals surface area contributed by atoms with Gasteiger partial charge in [-0.25, -0.2) is 23.4 Å². The normalized spacial score (nSPS) is 16.3. The van der Waals surface area contributed by atoms with Crippen LogP contribution in [0, 0.1) is 11.8 Å². The predicted molar refractivity (Wildman–Crippen MR) is 141 cm³/mol. The largest absolute Gasteiger partial charge is 0.382 e. The van der Waals surface area contributed by atoms with Crippen molar-refractivity contribution in [1.82, 2.24) is 29.0 Å². The van der Waals surface area contributed by atoms with Gasteiger partial charge in [0.25, 0.3) is 10.0 Å². The molecule has 0 unspecified atom stereocenters. The molecular formula is C25H30N8O3S. The van der Waals surface area contributed by atoms with Crippen molar-refractivity contribution < 1.29 is 13.2 Å².